The van der Waals surface area contributed by atoms with Crippen LogP contribution in [0.1, 0.15) is 77.6 Å². The summed E-state index contributed by atoms with van der Waals surface area (Å²) >= 11 is 5.17. The number of aromatic nitrogens is 4. The smallest absolute Gasteiger partial charge is 0.413 e. The lowest BCUT2D eigenvalue weighted by Gasteiger charge is -2.50. The largest absolute Gasteiger partial charge is 0.448 e. The number of thiazole rings is 1. The molecule has 2 unspecified atom stereocenters. The van der Waals surface area contributed by atoms with E-state index in [1.807, 2.05) is 176 Å². The third kappa shape index (κ3) is 13.9. The Hall–Kier alpha value is -9.54. The van der Waals surface area contributed by atoms with Crippen LogP contribution < -0.4 is 10.6 Å². The number of hydrogen-bond donors (Lipinski definition) is 3. The molecule has 1 fully saturated rings. The van der Waals surface area contributed by atoms with Crippen LogP contribution in [0.3, 0.4) is 0 Å². The number of amides is 3. The number of benzene rings is 7. The van der Waals surface area contributed by atoms with Gasteiger partial charge >= 0.3 is 18.0 Å². The third-order valence-corrected chi connectivity index (χ3v) is 19.2. The summed E-state index contributed by atoms with van der Waals surface area (Å²) in [7, 11) is 0. The van der Waals surface area contributed by atoms with Crippen LogP contribution in [0.4, 0.5) is 9.93 Å². The number of esters is 2. The number of thioether (sulfide) groups is 3. The molecule has 11 rings (SSSR count). The molecule has 0 radical (unpaired) electrons. The van der Waals surface area contributed by atoms with Crippen molar-refractivity contribution in [3.05, 3.63) is 291 Å². The Kier molecular flexibility index (Phi) is 19.0. The van der Waals surface area contributed by atoms with Gasteiger partial charge in [-0.15, -0.1) is 40.0 Å². The summed E-state index contributed by atoms with van der Waals surface area (Å²) in [4.78, 5) is 84.8. The van der Waals surface area contributed by atoms with Crippen molar-refractivity contribution in [3.63, 3.8) is 0 Å². The van der Waals surface area contributed by atoms with Gasteiger partial charge in [0, 0.05) is 16.0 Å². The molecule has 0 aliphatic carbocycles. The maximum absolute atomic E-state index is 15.7. The molecule has 0 spiro atoms. The van der Waals surface area contributed by atoms with E-state index in [0.29, 0.717) is 32.2 Å². The minimum Gasteiger partial charge on any atom is -0.448 e. The Morgan fingerprint density at radius 1 is 0.685 bits per heavy atom. The fourth-order valence-corrected chi connectivity index (χ4v) is 15.6. The second-order valence-electron chi connectivity index (χ2n) is 21.3. The van der Waals surface area contributed by atoms with Crippen LogP contribution in [-0.2, 0) is 43.6 Å². The van der Waals surface area contributed by atoms with Crippen molar-refractivity contribution in [2.75, 3.05) is 11.1 Å². The second-order valence-corrected chi connectivity index (χ2v) is 25.8. The Morgan fingerprint density at radius 3 is 1.64 bits per heavy atom. The second kappa shape index (κ2) is 27.7. The Labute approximate surface area is 530 Å². The molecule has 2 aliphatic rings. The number of anilines is 1. The zero-order valence-corrected chi connectivity index (χ0v) is 51.5. The summed E-state index contributed by atoms with van der Waals surface area (Å²) in [5.74, 6) is -3.76. The number of oxime groups is 1. The van der Waals surface area contributed by atoms with Crippen molar-refractivity contribution in [1.82, 2.24) is 30.6 Å². The lowest BCUT2D eigenvalue weighted by molar-refractivity contribution is -0.154. The van der Waals surface area contributed by atoms with E-state index in [-0.39, 0.29) is 22.3 Å². The van der Waals surface area contributed by atoms with Gasteiger partial charge in [-0.2, -0.15) is 0 Å². The first kappa shape index (κ1) is 61.1. The van der Waals surface area contributed by atoms with Crippen LogP contribution in [0.5, 0.6) is 0 Å². The maximum atomic E-state index is 15.7. The number of nitrogens with one attached hydrogen (secondary N) is 3. The van der Waals surface area contributed by atoms with E-state index in [9.17, 15) is 14.4 Å². The zero-order chi connectivity index (χ0) is 61.9. The van der Waals surface area contributed by atoms with Crippen molar-refractivity contribution in [1.29, 1.82) is 0 Å². The number of fused-ring (bicyclic) bond motifs is 1. The summed E-state index contributed by atoms with van der Waals surface area (Å²) in [6.45, 7) is 8.92. The van der Waals surface area contributed by atoms with Gasteiger partial charge in [0.25, 0.3) is 11.8 Å². The molecular formula is C68H58N8O9S4. The highest BCUT2D eigenvalue weighted by molar-refractivity contribution is 8.19. The molecule has 3 N–H and O–H groups in total. The van der Waals surface area contributed by atoms with Gasteiger partial charge in [-0.3, -0.25) is 24.9 Å². The summed E-state index contributed by atoms with van der Waals surface area (Å²) in [6, 6.07) is 66.0. The molecular weight excluding hydrogens is 1200 g/mol. The highest BCUT2D eigenvalue weighted by atomic mass is 32.2. The van der Waals surface area contributed by atoms with E-state index < -0.39 is 80.5 Å². The normalized spacial score (nSPS) is 15.3. The minimum absolute atomic E-state index is 0.00588. The van der Waals surface area contributed by atoms with Gasteiger partial charge in [0.15, 0.2) is 23.1 Å². The van der Waals surface area contributed by atoms with Crippen molar-refractivity contribution in [2.45, 2.75) is 65.0 Å². The predicted molar refractivity (Wildman–Crippen MR) is 345 cm³/mol. The molecule has 21 heteroatoms. The summed E-state index contributed by atoms with van der Waals surface area (Å²) in [5.41, 5.74) is 3.19. The first-order valence-corrected chi connectivity index (χ1v) is 31.8. The molecule has 448 valence electrons. The Balaban J connectivity index is 0.963. The van der Waals surface area contributed by atoms with Gasteiger partial charge in [-0.1, -0.05) is 234 Å². The van der Waals surface area contributed by atoms with Crippen molar-refractivity contribution in [2.24, 2.45) is 5.16 Å². The molecule has 3 atom stereocenters. The van der Waals surface area contributed by atoms with Crippen LogP contribution >= 0.6 is 46.6 Å². The van der Waals surface area contributed by atoms with E-state index in [1.165, 1.54) is 45.6 Å². The van der Waals surface area contributed by atoms with Gasteiger partial charge in [0.2, 0.25) is 5.76 Å². The minimum atomic E-state index is -1.26. The number of carbonyl (C=O) groups excluding carboxylic acids is 5. The van der Waals surface area contributed by atoms with Crippen LogP contribution in [0.25, 0.3) is 0 Å². The van der Waals surface area contributed by atoms with Gasteiger partial charge in [0.1, 0.15) is 33.4 Å². The predicted octanol–water partition coefficient (Wildman–Crippen LogP) is 13.0. The van der Waals surface area contributed by atoms with Gasteiger partial charge < -0.3 is 24.4 Å². The van der Waals surface area contributed by atoms with Crippen LogP contribution in [0.15, 0.2) is 257 Å². The van der Waals surface area contributed by atoms with Gasteiger partial charge in [-0.25, -0.2) is 19.4 Å². The van der Waals surface area contributed by atoms with E-state index in [2.05, 4.69) is 79.2 Å². The molecule has 0 bridgehead atoms. The summed E-state index contributed by atoms with van der Waals surface area (Å²) in [6.07, 6.45) is -0.853. The number of hydrogen-bond acceptors (Lipinski definition) is 17. The highest BCUT2D eigenvalue weighted by Crippen LogP contribution is 2.56. The van der Waals surface area contributed by atoms with E-state index in [1.54, 1.807) is 27.0 Å². The summed E-state index contributed by atoms with van der Waals surface area (Å²) < 4.78 is 17.5. The molecule has 2 aromatic heterocycles. The summed E-state index contributed by atoms with van der Waals surface area (Å²) in [5, 5.41) is 22.2. The molecule has 3 amide bonds. The molecule has 0 saturated carbocycles. The fourth-order valence-electron chi connectivity index (χ4n) is 10.3. The molecule has 1 saturated heterocycles. The average Bonchev–Trinajstić information content (AvgIpc) is 0.987. The molecule has 4 heterocycles. The zero-order valence-electron chi connectivity index (χ0n) is 48.2. The van der Waals surface area contributed by atoms with E-state index in [4.69, 9.17) is 19.0 Å². The monoisotopic (exact) mass is 1260 g/mol. The van der Waals surface area contributed by atoms with Gasteiger partial charge in [-0.05, 0) is 66.3 Å². The number of aromatic amines is 1. The number of nitrogens with zero attached hydrogens (tertiary/aromatic N) is 5. The molecule has 89 heavy (non-hydrogen) atoms. The van der Waals surface area contributed by atoms with E-state index >= 15 is 9.59 Å². The Bertz CT molecular complexity index is 3840. The molecule has 9 aromatic rings. The number of H-pyrrole nitrogens is 1. The molecule has 2 aliphatic heterocycles. The average molecular weight is 1260 g/mol. The number of rotatable bonds is 22. The van der Waals surface area contributed by atoms with Gasteiger partial charge in [0.05, 0.1) is 16.2 Å². The third-order valence-electron chi connectivity index (χ3n) is 14.2. The van der Waals surface area contributed by atoms with Crippen LogP contribution in [-0.4, -0.2) is 88.2 Å². The van der Waals surface area contributed by atoms with Crippen molar-refractivity contribution in [3.8, 4) is 0 Å². The SMILES string of the molecule is C=C(O/N=C(\C(=O)NC1C(=O)N2C(C(=O)OC(c3ccccc3)c3ccccc3)=C(SC(Sc3c[nH]nn3)C(c3ccccc3)(c3ccccc3)c3ccccc3)CS[C@@H]12)c1csc(NC(=O)OC(C)(C)C)n1)C(=O)OC(c1ccccc1)c1ccccc1. The number of carbonyl (C=O) groups is 5. The highest BCUT2D eigenvalue weighted by Gasteiger charge is 2.56. The topological polar surface area (TPSA) is 216 Å². The quantitative estimate of drug-likeness (QED) is 0.00549. The number of β-lactam (4-membered cyclic amide) rings is 1. The van der Waals surface area contributed by atoms with Crippen LogP contribution in [0.2, 0.25) is 0 Å². The number of ether oxygens (including phenoxy) is 3. The standard InChI is InChI=1S/C68H58N8O9S4/c1-43(62(79)82-57(44-26-12-5-13-27-44)45-28-14-6-15-29-45)85-74-54(51-41-87-65(70-51)72-66(81)84-67(2,3)4)59(77)71-55-60(78)76-56(63(80)83-58(46-30-16-7-17-31-46)47-32-18-8-19-33-47)52(42-86-61(55)76)88-64(89-53-40-69-75-73-53)68(48-34-20-9-21-35-48,49-36-22-10-23-37-49)50-38-24-11-25-39-50/h5-41,55,57-58,61,64H,1,42H2,2-4H3,(H,71,77)(H,69,73,75)(H,70,72,81)/b74-54-/t55?,61-,64?/m0/s1. The van der Waals surface area contributed by atoms with E-state index in [0.717, 1.165) is 28.0 Å². The lowest BCUT2D eigenvalue weighted by atomic mass is 9.70. The first-order chi connectivity index (χ1) is 43.2. The van der Waals surface area contributed by atoms with Crippen molar-refractivity contribution < 1.29 is 43.0 Å². The van der Waals surface area contributed by atoms with Crippen LogP contribution in [0, 0.1) is 0 Å². The lowest BCUT2D eigenvalue weighted by Crippen LogP contribution is -2.71. The maximum Gasteiger partial charge on any atom is 0.413 e. The fraction of sp³-hybridized carbons (Fsp3) is 0.162. The first-order valence-electron chi connectivity index (χ1n) is 28.1. The molecule has 7 aromatic carbocycles. The Morgan fingerprint density at radius 2 is 1.17 bits per heavy atom. The molecule has 17 nitrogen and oxygen atoms in total. The van der Waals surface area contributed by atoms with Crippen molar-refractivity contribution >= 4 is 87.3 Å².